The Kier molecular flexibility index (Phi) is 4.16. The van der Waals surface area contributed by atoms with E-state index >= 15 is 0 Å². The van der Waals surface area contributed by atoms with Crippen molar-refractivity contribution in [3.8, 4) is 11.3 Å². The summed E-state index contributed by atoms with van der Waals surface area (Å²) in [6.07, 6.45) is 1.12. The molecule has 0 saturated heterocycles. The minimum Gasteiger partial charge on any atom is -0.396 e. The van der Waals surface area contributed by atoms with Crippen molar-refractivity contribution >= 4 is 0 Å². The third-order valence-electron chi connectivity index (χ3n) is 2.67. The topological polar surface area (TPSA) is 46.0 Å². The van der Waals surface area contributed by atoms with Gasteiger partial charge in [-0.3, -0.25) is 0 Å². The zero-order chi connectivity index (χ0) is 13.8. The van der Waals surface area contributed by atoms with Crippen molar-refractivity contribution in [3.63, 3.8) is 0 Å². The van der Waals surface area contributed by atoms with E-state index in [0.29, 0.717) is 29.9 Å². The lowest BCUT2D eigenvalue weighted by atomic mass is 10.1. The van der Waals surface area contributed by atoms with Crippen molar-refractivity contribution in [2.45, 2.75) is 19.8 Å². The van der Waals surface area contributed by atoms with Gasteiger partial charge in [-0.05, 0) is 37.6 Å². The van der Waals surface area contributed by atoms with Crippen molar-refractivity contribution in [1.29, 1.82) is 0 Å². The zero-order valence-corrected chi connectivity index (χ0v) is 10.5. The highest BCUT2D eigenvalue weighted by Crippen LogP contribution is 2.20. The van der Waals surface area contributed by atoms with Gasteiger partial charge in [-0.2, -0.15) is 0 Å². The third kappa shape index (κ3) is 3.32. The average molecular weight is 264 g/mol. The number of aryl methyl sites for hydroxylation is 2. The molecule has 3 nitrogen and oxygen atoms in total. The molecule has 0 fully saturated rings. The molecule has 1 aromatic heterocycles. The second-order valence-corrected chi connectivity index (χ2v) is 4.27. The number of halogens is 2. The number of hydrogen-bond acceptors (Lipinski definition) is 3. The van der Waals surface area contributed by atoms with Crippen molar-refractivity contribution in [3.05, 3.63) is 47.4 Å². The van der Waals surface area contributed by atoms with Crippen LogP contribution >= 0.6 is 0 Å². The van der Waals surface area contributed by atoms with Gasteiger partial charge in [0.15, 0.2) is 11.6 Å². The van der Waals surface area contributed by atoms with Crippen LogP contribution < -0.4 is 0 Å². The predicted octanol–water partition coefficient (Wildman–Crippen LogP) is 2.66. The van der Waals surface area contributed by atoms with Gasteiger partial charge in [0.2, 0.25) is 0 Å². The monoisotopic (exact) mass is 264 g/mol. The molecule has 0 atom stereocenters. The van der Waals surface area contributed by atoms with Crippen LogP contribution in [0.15, 0.2) is 24.3 Å². The standard InChI is InChI=1S/C14H14F2N2O/c1-9-7-13(18-14(17-9)3-2-6-19)10-4-5-11(15)12(16)8-10/h4-5,7-8,19H,2-3,6H2,1H3. The molecule has 100 valence electrons. The highest BCUT2D eigenvalue weighted by Gasteiger charge is 2.08. The van der Waals surface area contributed by atoms with E-state index in [0.717, 1.165) is 17.8 Å². The second kappa shape index (κ2) is 5.84. The number of aliphatic hydroxyl groups excluding tert-OH is 1. The smallest absolute Gasteiger partial charge is 0.159 e. The first-order chi connectivity index (χ1) is 9.10. The first-order valence-corrected chi connectivity index (χ1v) is 6.01. The lowest BCUT2D eigenvalue weighted by molar-refractivity contribution is 0.287. The molecule has 0 spiro atoms. The van der Waals surface area contributed by atoms with E-state index in [-0.39, 0.29) is 6.61 Å². The van der Waals surface area contributed by atoms with Crippen molar-refractivity contribution in [2.75, 3.05) is 6.61 Å². The Morgan fingerprint density at radius 2 is 1.89 bits per heavy atom. The molecule has 0 bridgehead atoms. The minimum atomic E-state index is -0.898. The molecule has 0 unspecified atom stereocenters. The molecule has 1 N–H and O–H groups in total. The molecule has 0 aliphatic heterocycles. The minimum absolute atomic E-state index is 0.0673. The van der Waals surface area contributed by atoms with Crippen LogP contribution in [0, 0.1) is 18.6 Å². The quantitative estimate of drug-likeness (QED) is 0.923. The summed E-state index contributed by atoms with van der Waals surface area (Å²) >= 11 is 0. The van der Waals surface area contributed by atoms with Crippen LogP contribution in [0.5, 0.6) is 0 Å². The summed E-state index contributed by atoms with van der Waals surface area (Å²) in [5.74, 6) is -1.19. The van der Waals surface area contributed by atoms with Crippen LogP contribution in [0.1, 0.15) is 17.9 Å². The number of aliphatic hydroxyl groups is 1. The number of rotatable bonds is 4. The van der Waals surface area contributed by atoms with E-state index in [1.54, 1.807) is 6.07 Å². The van der Waals surface area contributed by atoms with E-state index in [4.69, 9.17) is 5.11 Å². The summed E-state index contributed by atoms with van der Waals surface area (Å²) < 4.78 is 26.1. The van der Waals surface area contributed by atoms with E-state index in [1.165, 1.54) is 6.07 Å². The lowest BCUT2D eigenvalue weighted by Gasteiger charge is -2.06. The van der Waals surface area contributed by atoms with Crippen LogP contribution in [-0.2, 0) is 6.42 Å². The summed E-state index contributed by atoms with van der Waals surface area (Å²) in [5, 5.41) is 8.80. The van der Waals surface area contributed by atoms with Gasteiger partial charge < -0.3 is 5.11 Å². The van der Waals surface area contributed by atoms with Crippen LogP contribution in [0.4, 0.5) is 8.78 Å². The Bertz CT molecular complexity index is 588. The predicted molar refractivity (Wildman–Crippen MR) is 67.5 cm³/mol. The van der Waals surface area contributed by atoms with Gasteiger partial charge in [-0.15, -0.1) is 0 Å². The highest BCUT2D eigenvalue weighted by atomic mass is 19.2. The Hall–Kier alpha value is -1.88. The van der Waals surface area contributed by atoms with Gasteiger partial charge in [0.1, 0.15) is 5.82 Å². The Morgan fingerprint density at radius 3 is 2.58 bits per heavy atom. The SMILES string of the molecule is Cc1cc(-c2ccc(F)c(F)c2)nc(CCCO)n1. The molecule has 19 heavy (non-hydrogen) atoms. The summed E-state index contributed by atoms with van der Waals surface area (Å²) in [6, 6.07) is 5.40. The normalized spacial score (nSPS) is 10.7. The van der Waals surface area contributed by atoms with Crippen molar-refractivity contribution in [2.24, 2.45) is 0 Å². The van der Waals surface area contributed by atoms with Gasteiger partial charge >= 0.3 is 0 Å². The Balaban J connectivity index is 2.37. The van der Waals surface area contributed by atoms with Crippen molar-refractivity contribution in [1.82, 2.24) is 9.97 Å². The molecule has 0 radical (unpaired) electrons. The van der Waals surface area contributed by atoms with Crippen LogP contribution in [0.2, 0.25) is 0 Å². The molecule has 0 amide bonds. The fourth-order valence-electron chi connectivity index (χ4n) is 1.78. The molecule has 5 heteroatoms. The van der Waals surface area contributed by atoms with Crippen molar-refractivity contribution < 1.29 is 13.9 Å². The summed E-state index contributed by atoms with van der Waals surface area (Å²) in [5.41, 5.74) is 1.82. The van der Waals surface area contributed by atoms with Gasteiger partial charge in [0.05, 0.1) is 5.69 Å². The molecule has 1 aromatic carbocycles. The van der Waals surface area contributed by atoms with Crippen LogP contribution in [0.3, 0.4) is 0 Å². The fourth-order valence-corrected chi connectivity index (χ4v) is 1.78. The number of aromatic nitrogens is 2. The first kappa shape index (κ1) is 13.5. The summed E-state index contributed by atoms with van der Waals surface area (Å²) in [6.45, 7) is 1.88. The van der Waals surface area contributed by atoms with E-state index < -0.39 is 11.6 Å². The molecule has 0 saturated carbocycles. The maximum atomic E-state index is 13.2. The molecule has 0 aliphatic rings. The van der Waals surface area contributed by atoms with E-state index in [2.05, 4.69) is 9.97 Å². The Morgan fingerprint density at radius 1 is 1.11 bits per heavy atom. The largest absolute Gasteiger partial charge is 0.396 e. The van der Waals surface area contributed by atoms with Gasteiger partial charge in [0, 0.05) is 24.3 Å². The fraction of sp³-hybridized carbons (Fsp3) is 0.286. The maximum absolute atomic E-state index is 13.2. The third-order valence-corrected chi connectivity index (χ3v) is 2.67. The summed E-state index contributed by atoms with van der Waals surface area (Å²) in [7, 11) is 0. The molecular weight excluding hydrogens is 250 g/mol. The van der Waals surface area contributed by atoms with E-state index in [1.807, 2.05) is 6.92 Å². The van der Waals surface area contributed by atoms with Crippen LogP contribution in [0.25, 0.3) is 11.3 Å². The Labute approximate surface area is 110 Å². The second-order valence-electron chi connectivity index (χ2n) is 4.27. The lowest BCUT2D eigenvalue weighted by Crippen LogP contribution is -2.01. The molecule has 0 aliphatic carbocycles. The average Bonchev–Trinajstić information content (AvgIpc) is 2.39. The highest BCUT2D eigenvalue weighted by molar-refractivity contribution is 5.59. The van der Waals surface area contributed by atoms with E-state index in [9.17, 15) is 8.78 Å². The van der Waals surface area contributed by atoms with Gasteiger partial charge in [0.25, 0.3) is 0 Å². The number of nitrogens with zero attached hydrogens (tertiary/aromatic N) is 2. The molecule has 2 rings (SSSR count). The zero-order valence-electron chi connectivity index (χ0n) is 10.5. The van der Waals surface area contributed by atoms with Crippen LogP contribution in [-0.4, -0.2) is 21.7 Å². The molecule has 1 heterocycles. The molecular formula is C14H14F2N2O. The number of benzene rings is 1. The summed E-state index contributed by atoms with van der Waals surface area (Å²) in [4.78, 5) is 8.55. The molecule has 2 aromatic rings. The first-order valence-electron chi connectivity index (χ1n) is 6.01. The van der Waals surface area contributed by atoms with Gasteiger partial charge in [-0.25, -0.2) is 18.7 Å². The maximum Gasteiger partial charge on any atom is 0.159 e. The number of hydrogen-bond donors (Lipinski definition) is 1. The van der Waals surface area contributed by atoms with Gasteiger partial charge in [-0.1, -0.05) is 0 Å².